The quantitative estimate of drug-likeness (QED) is 0.354. The molecule has 0 aromatic heterocycles. The molecule has 0 unspecified atom stereocenters. The van der Waals surface area contributed by atoms with Crippen LogP contribution in [-0.2, 0) is 0 Å². The van der Waals surface area contributed by atoms with Gasteiger partial charge in [0.05, 0.1) is 5.71 Å². The third-order valence-electron chi connectivity index (χ3n) is 6.80. The molecule has 3 N–H and O–H groups in total. The molecule has 0 fully saturated rings. The van der Waals surface area contributed by atoms with Crippen LogP contribution in [0.4, 0.5) is 0 Å². The molecule has 0 amide bonds. The minimum atomic E-state index is 0.978. The van der Waals surface area contributed by atoms with Gasteiger partial charge in [0.15, 0.2) is 0 Å². The lowest BCUT2D eigenvalue weighted by molar-refractivity contribution is 0.714. The highest BCUT2D eigenvalue weighted by Crippen LogP contribution is 2.35. The molecule has 2 aromatic carbocycles. The molecule has 2 aliphatic rings. The largest absolute Gasteiger partial charge is 0.404 e. The van der Waals surface area contributed by atoms with Crippen LogP contribution in [0.5, 0.6) is 0 Å². The van der Waals surface area contributed by atoms with E-state index in [0.717, 1.165) is 46.5 Å². The number of aryl methyl sites for hydroxylation is 1. The molecular weight excluding hydrogens is 450 g/mol. The second kappa shape index (κ2) is 12.7. The van der Waals surface area contributed by atoms with E-state index in [1.165, 1.54) is 35.1 Å². The van der Waals surface area contributed by atoms with Crippen LogP contribution in [0.2, 0.25) is 0 Å². The average molecular weight is 488 g/mol. The first-order valence-electron chi connectivity index (χ1n) is 13.1. The number of allylic oxidation sites excluding steroid dienone is 11. The first-order valence-corrected chi connectivity index (χ1v) is 13.1. The topological polar surface area (TPSA) is 50.4 Å². The summed E-state index contributed by atoms with van der Waals surface area (Å²) in [6.07, 6.45) is 21.3. The maximum atomic E-state index is 6.40. The van der Waals surface area contributed by atoms with E-state index in [9.17, 15) is 0 Å². The average Bonchev–Trinajstić information content (AvgIpc) is 2.90. The molecule has 4 rings (SSSR count). The Labute approximate surface area is 221 Å². The highest BCUT2D eigenvalue weighted by molar-refractivity contribution is 6.07. The lowest BCUT2D eigenvalue weighted by atomic mass is 9.86. The first-order chi connectivity index (χ1) is 18.1. The highest BCUT2D eigenvalue weighted by Gasteiger charge is 2.16. The van der Waals surface area contributed by atoms with Gasteiger partial charge >= 0.3 is 0 Å². The van der Waals surface area contributed by atoms with Crippen LogP contribution >= 0.6 is 0 Å². The minimum Gasteiger partial charge on any atom is -0.404 e. The Morgan fingerprint density at radius 3 is 2.38 bits per heavy atom. The molecular formula is C34H37N3. The molecule has 0 saturated heterocycles. The number of nitrogens with one attached hydrogen (secondary N) is 1. The Kier molecular flexibility index (Phi) is 8.93. The Balaban J connectivity index is 1.90. The van der Waals surface area contributed by atoms with Crippen LogP contribution in [0.25, 0.3) is 11.3 Å². The van der Waals surface area contributed by atoms with Gasteiger partial charge in [0, 0.05) is 36.3 Å². The Morgan fingerprint density at radius 1 is 1.00 bits per heavy atom. The van der Waals surface area contributed by atoms with Gasteiger partial charge in [-0.2, -0.15) is 0 Å². The van der Waals surface area contributed by atoms with E-state index in [1.54, 1.807) is 6.20 Å². The van der Waals surface area contributed by atoms with Gasteiger partial charge in [-0.1, -0.05) is 72.3 Å². The smallest absolute Gasteiger partial charge is 0.0645 e. The Bertz CT molecular complexity index is 1360. The van der Waals surface area contributed by atoms with Crippen molar-refractivity contribution in [2.24, 2.45) is 10.7 Å². The number of nitrogens with two attached hydrogens (primary N) is 1. The fraction of sp³-hybridized carbons (Fsp3) is 0.206. The van der Waals surface area contributed by atoms with Gasteiger partial charge in [0.25, 0.3) is 0 Å². The summed E-state index contributed by atoms with van der Waals surface area (Å²) in [5.41, 5.74) is 17.8. The summed E-state index contributed by atoms with van der Waals surface area (Å²) in [5, 5.41) is 3.50. The zero-order chi connectivity index (χ0) is 26.0. The summed E-state index contributed by atoms with van der Waals surface area (Å²) in [4.78, 5) is 4.26. The number of hydrogen-bond donors (Lipinski definition) is 2. The van der Waals surface area contributed by atoms with E-state index in [-0.39, 0.29) is 0 Å². The predicted octanol–water partition coefficient (Wildman–Crippen LogP) is 7.82. The molecule has 0 spiro atoms. The maximum absolute atomic E-state index is 6.40. The van der Waals surface area contributed by atoms with E-state index in [1.807, 2.05) is 25.4 Å². The summed E-state index contributed by atoms with van der Waals surface area (Å²) in [5.74, 6) is 0. The highest BCUT2D eigenvalue weighted by atomic mass is 14.8. The van der Waals surface area contributed by atoms with Crippen LogP contribution in [0.1, 0.15) is 49.3 Å². The van der Waals surface area contributed by atoms with E-state index in [2.05, 4.69) is 103 Å². The molecule has 0 saturated carbocycles. The van der Waals surface area contributed by atoms with Crippen LogP contribution in [0.3, 0.4) is 0 Å². The predicted molar refractivity (Wildman–Crippen MR) is 160 cm³/mol. The van der Waals surface area contributed by atoms with Gasteiger partial charge in [-0.15, -0.1) is 0 Å². The standard InChI is InChI=1S/C34H37N3/c1-25(18-19-30-20-21-37-30)22-33(34(36-3)31-17-11-10-12-26(31)2)29(24-35)23-32(27-13-6-4-7-14-27)28-15-8-5-9-16-28/h4,6-7,10-15,17-24,36H,5,8-9,16,35H2,1-3H3/b19-18-,25-22+,29-24+,32-23+,34-33+. The number of aliphatic imine (C=N–C) groups is 1. The molecule has 1 aliphatic carbocycles. The second-order valence-corrected chi connectivity index (χ2v) is 9.47. The van der Waals surface area contributed by atoms with Crippen LogP contribution in [-0.4, -0.2) is 12.8 Å². The van der Waals surface area contributed by atoms with Crippen molar-refractivity contribution >= 4 is 17.0 Å². The van der Waals surface area contributed by atoms with Crippen molar-refractivity contribution in [3.63, 3.8) is 0 Å². The van der Waals surface area contributed by atoms with Crippen molar-refractivity contribution in [2.75, 3.05) is 7.05 Å². The van der Waals surface area contributed by atoms with Gasteiger partial charge in [-0.25, -0.2) is 0 Å². The van der Waals surface area contributed by atoms with E-state index in [0.29, 0.717) is 0 Å². The molecule has 0 radical (unpaired) electrons. The summed E-state index contributed by atoms with van der Waals surface area (Å²) in [6.45, 7) is 4.26. The SMILES string of the molecule is CN/C(=C(\C=C(C)\C=C/C1=NC=C1)C(/C=C(/C1=CCCCC1)c1ccccc1)=C/N)c1ccccc1C. The maximum Gasteiger partial charge on any atom is 0.0645 e. The molecule has 37 heavy (non-hydrogen) atoms. The second-order valence-electron chi connectivity index (χ2n) is 9.47. The first kappa shape index (κ1) is 26.0. The molecule has 2 aromatic rings. The Morgan fingerprint density at radius 2 is 1.76 bits per heavy atom. The zero-order valence-electron chi connectivity index (χ0n) is 22.2. The number of benzene rings is 2. The minimum absolute atomic E-state index is 0.978. The van der Waals surface area contributed by atoms with E-state index >= 15 is 0 Å². The van der Waals surface area contributed by atoms with Crippen molar-refractivity contribution in [3.8, 4) is 0 Å². The molecule has 1 heterocycles. The number of nitrogens with zero attached hydrogens (tertiary/aromatic N) is 1. The fourth-order valence-electron chi connectivity index (χ4n) is 4.75. The third-order valence-corrected chi connectivity index (χ3v) is 6.80. The fourth-order valence-corrected chi connectivity index (χ4v) is 4.75. The van der Waals surface area contributed by atoms with Crippen LogP contribution < -0.4 is 11.1 Å². The van der Waals surface area contributed by atoms with Gasteiger partial charge in [-0.3, -0.25) is 4.99 Å². The third kappa shape index (κ3) is 6.56. The van der Waals surface area contributed by atoms with E-state index in [4.69, 9.17) is 5.73 Å². The van der Waals surface area contributed by atoms with Crippen LogP contribution in [0, 0.1) is 6.92 Å². The molecule has 0 atom stereocenters. The van der Waals surface area contributed by atoms with Crippen molar-refractivity contribution in [2.45, 2.75) is 39.5 Å². The summed E-state index contributed by atoms with van der Waals surface area (Å²) < 4.78 is 0. The van der Waals surface area contributed by atoms with Crippen molar-refractivity contribution in [1.82, 2.24) is 5.32 Å². The molecule has 188 valence electrons. The van der Waals surface area contributed by atoms with Gasteiger partial charge < -0.3 is 11.1 Å². The van der Waals surface area contributed by atoms with Gasteiger partial charge in [0.1, 0.15) is 0 Å². The zero-order valence-corrected chi connectivity index (χ0v) is 22.2. The van der Waals surface area contributed by atoms with E-state index < -0.39 is 0 Å². The summed E-state index contributed by atoms with van der Waals surface area (Å²) >= 11 is 0. The lowest BCUT2D eigenvalue weighted by Gasteiger charge is -2.20. The molecule has 3 heteroatoms. The molecule has 0 bridgehead atoms. The number of hydrogen-bond acceptors (Lipinski definition) is 3. The monoisotopic (exact) mass is 487 g/mol. The van der Waals surface area contributed by atoms with Gasteiger partial charge in [-0.05, 0) is 91.7 Å². The van der Waals surface area contributed by atoms with Crippen LogP contribution in [0.15, 0.2) is 131 Å². The lowest BCUT2D eigenvalue weighted by Crippen LogP contribution is -2.11. The normalized spacial score (nSPS) is 17.2. The van der Waals surface area contributed by atoms with Crippen molar-refractivity contribution in [3.05, 3.63) is 142 Å². The molecule has 1 aliphatic heterocycles. The Hall–Kier alpha value is -4.11. The van der Waals surface area contributed by atoms with Gasteiger partial charge in [0.2, 0.25) is 0 Å². The van der Waals surface area contributed by atoms with Crippen molar-refractivity contribution < 1.29 is 0 Å². The summed E-state index contributed by atoms with van der Waals surface area (Å²) in [7, 11) is 1.98. The van der Waals surface area contributed by atoms with Crippen molar-refractivity contribution in [1.29, 1.82) is 0 Å². The molecule has 3 nitrogen and oxygen atoms in total. The summed E-state index contributed by atoms with van der Waals surface area (Å²) in [6, 6.07) is 19.1. The number of rotatable bonds is 9.